The lowest BCUT2D eigenvalue weighted by molar-refractivity contribution is 0.623. The SMILES string of the molecule is O=c1c(-c2ccccc2-c2ccncc2)cc2cnc(Nc3ccc(NC4CCNC4)cc3)nc2n1CC1CC1. The molecular weight excluding hydrogens is 498 g/mol. The van der Waals surface area contributed by atoms with Crippen molar-refractivity contribution in [2.45, 2.75) is 31.8 Å². The molecule has 1 saturated carbocycles. The van der Waals surface area contributed by atoms with Gasteiger partial charge in [-0.05, 0) is 90.9 Å². The standard InChI is InChI=1S/C32H31N7O/c40-31-29(28-4-2-1-3-27(28)22-11-14-33-15-12-22)17-23-18-35-32(38-30(23)39(31)20-21-5-6-21)37-25-9-7-24(8-10-25)36-26-13-16-34-19-26/h1-4,7-12,14-15,17-18,21,26,34,36H,5-6,13,16,19-20H2,(H,35,37,38). The second-order valence-electron chi connectivity index (χ2n) is 10.7. The Morgan fingerprint density at radius 2 is 1.68 bits per heavy atom. The number of nitrogens with one attached hydrogen (secondary N) is 3. The van der Waals surface area contributed by atoms with Crippen LogP contribution in [0.5, 0.6) is 0 Å². The average molecular weight is 530 g/mol. The molecule has 0 spiro atoms. The summed E-state index contributed by atoms with van der Waals surface area (Å²) in [6.45, 7) is 2.71. The van der Waals surface area contributed by atoms with Crippen molar-refractivity contribution in [3.63, 3.8) is 0 Å². The summed E-state index contributed by atoms with van der Waals surface area (Å²) < 4.78 is 1.85. The van der Waals surface area contributed by atoms with Gasteiger partial charge in [0.15, 0.2) is 0 Å². The van der Waals surface area contributed by atoms with Crippen LogP contribution in [0, 0.1) is 5.92 Å². The quantitative estimate of drug-likeness (QED) is 0.246. The van der Waals surface area contributed by atoms with Crippen LogP contribution in [0.4, 0.5) is 17.3 Å². The van der Waals surface area contributed by atoms with E-state index in [4.69, 9.17) is 4.98 Å². The van der Waals surface area contributed by atoms with Crippen molar-refractivity contribution in [2.24, 2.45) is 5.92 Å². The van der Waals surface area contributed by atoms with Crippen LogP contribution in [-0.4, -0.2) is 38.7 Å². The van der Waals surface area contributed by atoms with Gasteiger partial charge < -0.3 is 16.0 Å². The van der Waals surface area contributed by atoms with Crippen molar-refractivity contribution in [1.82, 2.24) is 24.8 Å². The second kappa shape index (κ2) is 10.5. The van der Waals surface area contributed by atoms with E-state index < -0.39 is 0 Å². The summed E-state index contributed by atoms with van der Waals surface area (Å²) in [6.07, 6.45) is 8.77. The fraction of sp³-hybridized carbons (Fsp3) is 0.250. The second-order valence-corrected chi connectivity index (χ2v) is 10.7. The maximum atomic E-state index is 14.0. The Bertz CT molecular complexity index is 1710. The fourth-order valence-corrected chi connectivity index (χ4v) is 5.43. The minimum atomic E-state index is -0.0256. The van der Waals surface area contributed by atoms with Crippen molar-refractivity contribution in [3.8, 4) is 22.3 Å². The molecule has 1 aliphatic heterocycles. The number of hydrogen-bond acceptors (Lipinski definition) is 7. The third-order valence-electron chi connectivity index (χ3n) is 7.75. The van der Waals surface area contributed by atoms with Crippen LogP contribution >= 0.6 is 0 Å². The normalized spacial score (nSPS) is 16.8. The maximum Gasteiger partial charge on any atom is 0.260 e. The van der Waals surface area contributed by atoms with Gasteiger partial charge in [-0.15, -0.1) is 0 Å². The van der Waals surface area contributed by atoms with Gasteiger partial charge in [0.05, 0.1) is 0 Å². The molecule has 4 heterocycles. The highest BCUT2D eigenvalue weighted by Gasteiger charge is 2.25. The van der Waals surface area contributed by atoms with Gasteiger partial charge in [-0.1, -0.05) is 24.3 Å². The van der Waals surface area contributed by atoms with Gasteiger partial charge in [0, 0.05) is 60.0 Å². The fourth-order valence-electron chi connectivity index (χ4n) is 5.43. The lowest BCUT2D eigenvalue weighted by Crippen LogP contribution is -2.24. The van der Waals surface area contributed by atoms with E-state index in [1.807, 2.05) is 59.3 Å². The molecule has 0 radical (unpaired) electrons. The first-order valence-electron chi connectivity index (χ1n) is 14.0. The molecule has 7 rings (SSSR count). The van der Waals surface area contributed by atoms with Crippen LogP contribution in [0.3, 0.4) is 0 Å². The molecule has 3 aromatic heterocycles. The summed E-state index contributed by atoms with van der Waals surface area (Å²) in [7, 11) is 0. The summed E-state index contributed by atoms with van der Waals surface area (Å²) >= 11 is 0. The lowest BCUT2D eigenvalue weighted by atomic mass is 9.95. The highest BCUT2D eigenvalue weighted by Crippen LogP contribution is 2.34. The summed E-state index contributed by atoms with van der Waals surface area (Å²) in [5.41, 5.74) is 6.20. The van der Waals surface area contributed by atoms with Gasteiger partial charge in [-0.2, -0.15) is 4.98 Å². The molecule has 1 aliphatic carbocycles. The van der Waals surface area contributed by atoms with Crippen LogP contribution in [-0.2, 0) is 6.54 Å². The van der Waals surface area contributed by atoms with E-state index in [-0.39, 0.29) is 5.56 Å². The Morgan fingerprint density at radius 1 is 0.900 bits per heavy atom. The number of benzene rings is 2. The highest BCUT2D eigenvalue weighted by atomic mass is 16.1. The Morgan fingerprint density at radius 3 is 2.42 bits per heavy atom. The van der Waals surface area contributed by atoms with E-state index in [0.29, 0.717) is 35.7 Å². The number of aromatic nitrogens is 4. The summed E-state index contributed by atoms with van der Waals surface area (Å²) in [5.74, 6) is 0.982. The average Bonchev–Trinajstić information content (AvgIpc) is 3.68. The molecule has 8 heteroatoms. The first kappa shape index (κ1) is 24.5. The molecular formula is C32H31N7O. The number of anilines is 3. The van der Waals surface area contributed by atoms with Crippen molar-refractivity contribution in [1.29, 1.82) is 0 Å². The Balaban J connectivity index is 1.24. The van der Waals surface area contributed by atoms with E-state index >= 15 is 0 Å². The number of fused-ring (bicyclic) bond motifs is 1. The van der Waals surface area contributed by atoms with Crippen molar-refractivity contribution in [3.05, 3.63) is 95.7 Å². The Kier molecular flexibility index (Phi) is 6.45. The van der Waals surface area contributed by atoms with Crippen LogP contribution < -0.4 is 21.5 Å². The van der Waals surface area contributed by atoms with Gasteiger partial charge in [0.25, 0.3) is 5.56 Å². The van der Waals surface area contributed by atoms with Gasteiger partial charge >= 0.3 is 0 Å². The van der Waals surface area contributed by atoms with E-state index in [1.54, 1.807) is 12.4 Å². The summed E-state index contributed by atoms with van der Waals surface area (Å²) in [5, 5.41) is 11.1. The first-order valence-corrected chi connectivity index (χ1v) is 14.0. The van der Waals surface area contributed by atoms with Gasteiger partial charge in [-0.3, -0.25) is 14.3 Å². The molecule has 40 heavy (non-hydrogen) atoms. The van der Waals surface area contributed by atoms with Crippen LogP contribution in [0.15, 0.2) is 90.1 Å². The number of nitrogens with zero attached hydrogens (tertiary/aromatic N) is 4. The predicted octanol–water partition coefficient (Wildman–Crippen LogP) is 5.45. The van der Waals surface area contributed by atoms with E-state index in [1.165, 1.54) is 0 Å². The predicted molar refractivity (Wildman–Crippen MR) is 160 cm³/mol. The molecule has 2 fully saturated rings. The van der Waals surface area contributed by atoms with Crippen LogP contribution in [0.1, 0.15) is 19.3 Å². The largest absolute Gasteiger partial charge is 0.381 e. The lowest BCUT2D eigenvalue weighted by Gasteiger charge is -2.16. The first-order chi connectivity index (χ1) is 19.7. The van der Waals surface area contributed by atoms with E-state index in [2.05, 4.69) is 44.1 Å². The Hall–Kier alpha value is -4.56. The minimum absolute atomic E-state index is 0.0256. The van der Waals surface area contributed by atoms with E-state index in [0.717, 1.165) is 65.8 Å². The Labute approximate surface area is 232 Å². The van der Waals surface area contributed by atoms with Gasteiger partial charge in [0.2, 0.25) is 5.95 Å². The molecule has 3 N–H and O–H groups in total. The highest BCUT2D eigenvalue weighted by molar-refractivity contribution is 5.88. The van der Waals surface area contributed by atoms with Crippen molar-refractivity contribution in [2.75, 3.05) is 23.7 Å². The molecule has 0 amide bonds. The van der Waals surface area contributed by atoms with Crippen molar-refractivity contribution < 1.29 is 0 Å². The van der Waals surface area contributed by atoms with Crippen LogP contribution in [0.2, 0.25) is 0 Å². The van der Waals surface area contributed by atoms with Crippen LogP contribution in [0.25, 0.3) is 33.3 Å². The number of pyridine rings is 2. The zero-order valence-corrected chi connectivity index (χ0v) is 22.2. The van der Waals surface area contributed by atoms with Gasteiger partial charge in [-0.25, -0.2) is 4.98 Å². The molecule has 2 aromatic carbocycles. The number of rotatable bonds is 8. The molecule has 5 aromatic rings. The smallest absolute Gasteiger partial charge is 0.260 e. The van der Waals surface area contributed by atoms with Gasteiger partial charge in [0.1, 0.15) is 5.65 Å². The third kappa shape index (κ3) is 5.05. The summed E-state index contributed by atoms with van der Waals surface area (Å²) in [6, 6.07) is 22.6. The molecule has 8 nitrogen and oxygen atoms in total. The molecule has 1 unspecified atom stereocenters. The molecule has 1 atom stereocenters. The van der Waals surface area contributed by atoms with E-state index in [9.17, 15) is 4.79 Å². The third-order valence-corrected chi connectivity index (χ3v) is 7.75. The maximum absolute atomic E-state index is 14.0. The monoisotopic (exact) mass is 529 g/mol. The molecule has 200 valence electrons. The van der Waals surface area contributed by atoms with Crippen molar-refractivity contribution >= 4 is 28.4 Å². The minimum Gasteiger partial charge on any atom is -0.381 e. The summed E-state index contributed by atoms with van der Waals surface area (Å²) in [4.78, 5) is 27.7. The molecule has 2 aliphatic rings. The zero-order valence-electron chi connectivity index (χ0n) is 22.2. The zero-order chi connectivity index (χ0) is 26.9. The number of hydrogen-bond donors (Lipinski definition) is 3. The topological polar surface area (TPSA) is 96.8 Å². The molecule has 0 bridgehead atoms. The molecule has 1 saturated heterocycles.